The Kier molecular flexibility index (Phi) is 8.52. The van der Waals surface area contributed by atoms with Crippen LogP contribution in [0.25, 0.3) is 33.4 Å². The molecular formula is C35H40FN5O2. The summed E-state index contributed by atoms with van der Waals surface area (Å²) in [5, 5.41) is 0. The molecule has 2 aliphatic rings. The fourth-order valence-corrected chi connectivity index (χ4v) is 6.34. The van der Waals surface area contributed by atoms with Crippen molar-refractivity contribution in [1.29, 1.82) is 0 Å². The van der Waals surface area contributed by atoms with Gasteiger partial charge in [0.1, 0.15) is 5.82 Å². The van der Waals surface area contributed by atoms with Crippen LogP contribution in [0.1, 0.15) is 39.9 Å². The molecule has 7 nitrogen and oxygen atoms in total. The van der Waals surface area contributed by atoms with E-state index in [1.807, 2.05) is 61.2 Å². The molecule has 0 saturated carbocycles. The highest BCUT2D eigenvalue weighted by Gasteiger charge is 2.25. The minimum Gasteiger partial charge on any atom is -0.379 e. The first-order valence-corrected chi connectivity index (χ1v) is 15.2. The number of hydrogen-bond donors (Lipinski definition) is 0. The number of morpholine rings is 1. The summed E-state index contributed by atoms with van der Waals surface area (Å²) in [7, 11) is 4.21. The Labute approximate surface area is 253 Å². The third kappa shape index (κ3) is 6.18. The number of fused-ring (bicyclic) bond motifs is 1. The smallest absolute Gasteiger partial charge is 0.254 e. The van der Waals surface area contributed by atoms with Crippen molar-refractivity contribution in [3.8, 4) is 22.4 Å². The second-order valence-corrected chi connectivity index (χ2v) is 12.1. The standard InChI is InChI=1S/C35H40FN5O2/c1-23-18-25(8-9-28(23)35(42)41-12-10-27(11-13-41)39(3)4)33-21-37-32-7-5-6-29(34(32)38-33)26-19-24(2)30(31(36)20-26)22-40-14-16-43-17-15-40/h5-9,18-21,27H,10-17,22H2,1-4H3. The van der Waals surface area contributed by atoms with Gasteiger partial charge in [0.25, 0.3) is 5.91 Å². The SMILES string of the molecule is Cc1cc(-c2cnc3cccc(-c4cc(C)c(CN5CCOCC5)c(F)c4)c3n2)ccc1C(=O)N1CCC(N(C)C)CC1. The quantitative estimate of drug-likeness (QED) is 0.290. The highest BCUT2D eigenvalue weighted by Crippen LogP contribution is 2.32. The molecule has 0 unspecified atom stereocenters. The van der Waals surface area contributed by atoms with Gasteiger partial charge in [0.15, 0.2) is 0 Å². The van der Waals surface area contributed by atoms with Crippen molar-refractivity contribution >= 4 is 16.9 Å². The number of aromatic nitrogens is 2. The predicted octanol–water partition coefficient (Wildman–Crippen LogP) is 5.72. The van der Waals surface area contributed by atoms with Crippen LogP contribution < -0.4 is 0 Å². The normalized spacial score (nSPS) is 16.7. The van der Waals surface area contributed by atoms with Gasteiger partial charge in [-0.15, -0.1) is 0 Å². The van der Waals surface area contributed by atoms with E-state index < -0.39 is 0 Å². The van der Waals surface area contributed by atoms with E-state index >= 15 is 4.39 Å². The van der Waals surface area contributed by atoms with Crippen molar-refractivity contribution in [2.75, 3.05) is 53.5 Å². The number of nitrogens with zero attached hydrogens (tertiary/aromatic N) is 5. The van der Waals surface area contributed by atoms with Crippen LogP contribution in [0.5, 0.6) is 0 Å². The average Bonchev–Trinajstić information content (AvgIpc) is 3.02. The maximum Gasteiger partial charge on any atom is 0.254 e. The lowest BCUT2D eigenvalue weighted by atomic mass is 9.97. The number of aryl methyl sites for hydroxylation is 2. The number of ether oxygens (including phenoxy) is 1. The first-order valence-electron chi connectivity index (χ1n) is 15.2. The van der Waals surface area contributed by atoms with Crippen LogP contribution in [0.3, 0.4) is 0 Å². The third-order valence-corrected chi connectivity index (χ3v) is 9.02. The van der Waals surface area contributed by atoms with Gasteiger partial charge in [0.2, 0.25) is 0 Å². The van der Waals surface area contributed by atoms with Gasteiger partial charge in [0.05, 0.1) is 36.1 Å². The number of carbonyl (C=O) groups is 1. The van der Waals surface area contributed by atoms with Crippen molar-refractivity contribution in [3.05, 3.63) is 82.8 Å². The van der Waals surface area contributed by atoms with Crippen LogP contribution in [0.4, 0.5) is 4.39 Å². The molecule has 6 rings (SSSR count). The maximum absolute atomic E-state index is 15.5. The van der Waals surface area contributed by atoms with E-state index in [-0.39, 0.29) is 11.7 Å². The van der Waals surface area contributed by atoms with Crippen LogP contribution in [0, 0.1) is 19.7 Å². The summed E-state index contributed by atoms with van der Waals surface area (Å²) >= 11 is 0. The van der Waals surface area contributed by atoms with Crippen molar-refractivity contribution in [1.82, 2.24) is 24.7 Å². The maximum atomic E-state index is 15.5. The van der Waals surface area contributed by atoms with Crippen LogP contribution >= 0.6 is 0 Å². The molecule has 3 heterocycles. The van der Waals surface area contributed by atoms with Crippen LogP contribution in [0.15, 0.2) is 54.7 Å². The van der Waals surface area contributed by atoms with Gasteiger partial charge in [-0.1, -0.05) is 24.3 Å². The van der Waals surface area contributed by atoms with Crippen LogP contribution in [0.2, 0.25) is 0 Å². The monoisotopic (exact) mass is 581 g/mol. The zero-order valence-electron chi connectivity index (χ0n) is 25.6. The number of para-hydroxylation sites is 1. The molecule has 0 spiro atoms. The fourth-order valence-electron chi connectivity index (χ4n) is 6.34. The van der Waals surface area contributed by atoms with Gasteiger partial charge in [-0.25, -0.2) is 9.37 Å². The lowest BCUT2D eigenvalue weighted by Crippen LogP contribution is -2.44. The Hall–Kier alpha value is -3.72. The van der Waals surface area contributed by atoms with Gasteiger partial charge in [-0.3, -0.25) is 14.7 Å². The molecule has 224 valence electrons. The first-order chi connectivity index (χ1) is 20.8. The lowest BCUT2D eigenvalue weighted by molar-refractivity contribution is 0.0336. The molecular weight excluding hydrogens is 541 g/mol. The summed E-state index contributed by atoms with van der Waals surface area (Å²) in [6.07, 6.45) is 3.75. The molecule has 3 aromatic carbocycles. The van der Waals surface area contributed by atoms with Gasteiger partial charge in [-0.2, -0.15) is 0 Å². The van der Waals surface area contributed by atoms with Crippen LogP contribution in [-0.2, 0) is 11.3 Å². The second-order valence-electron chi connectivity index (χ2n) is 12.1. The Morgan fingerprint density at radius 3 is 2.42 bits per heavy atom. The molecule has 2 fully saturated rings. The predicted molar refractivity (Wildman–Crippen MR) is 169 cm³/mol. The summed E-state index contributed by atoms with van der Waals surface area (Å²) < 4.78 is 21.0. The Bertz CT molecular complexity index is 1620. The topological polar surface area (TPSA) is 61.8 Å². The van der Waals surface area contributed by atoms with E-state index in [2.05, 4.69) is 23.9 Å². The number of rotatable bonds is 6. The number of likely N-dealkylation sites (tertiary alicyclic amines) is 1. The highest BCUT2D eigenvalue weighted by molar-refractivity contribution is 5.96. The van der Waals surface area contributed by atoms with E-state index in [0.29, 0.717) is 25.8 Å². The van der Waals surface area contributed by atoms with Gasteiger partial charge < -0.3 is 14.5 Å². The van der Waals surface area contributed by atoms with E-state index in [0.717, 1.165) is 94.7 Å². The van der Waals surface area contributed by atoms with E-state index in [4.69, 9.17) is 14.7 Å². The number of hydrogen-bond acceptors (Lipinski definition) is 6. The molecule has 0 bridgehead atoms. The number of halogens is 1. The van der Waals surface area contributed by atoms with E-state index in [9.17, 15) is 4.79 Å². The molecule has 43 heavy (non-hydrogen) atoms. The summed E-state index contributed by atoms with van der Waals surface area (Å²) in [5.41, 5.74) is 8.01. The third-order valence-electron chi connectivity index (χ3n) is 9.02. The van der Waals surface area contributed by atoms with Crippen molar-refractivity contribution < 1.29 is 13.9 Å². The van der Waals surface area contributed by atoms with Crippen LogP contribution in [-0.4, -0.2) is 90.1 Å². The molecule has 8 heteroatoms. The van der Waals surface area contributed by atoms with E-state index in [1.54, 1.807) is 12.3 Å². The molecule has 2 aliphatic heterocycles. The number of piperidine rings is 1. The largest absolute Gasteiger partial charge is 0.379 e. The molecule has 1 amide bonds. The molecule has 0 aliphatic carbocycles. The molecule has 2 saturated heterocycles. The van der Waals surface area contributed by atoms with Gasteiger partial charge >= 0.3 is 0 Å². The fraction of sp³-hybridized carbons (Fsp3) is 0.400. The zero-order valence-corrected chi connectivity index (χ0v) is 25.6. The van der Waals surface area contributed by atoms with E-state index in [1.165, 1.54) is 0 Å². The minimum atomic E-state index is -0.204. The number of carbonyl (C=O) groups excluding carboxylic acids is 1. The Morgan fingerprint density at radius 2 is 1.72 bits per heavy atom. The van der Waals surface area contributed by atoms with Gasteiger partial charge in [-0.05, 0) is 81.7 Å². The number of benzene rings is 3. The average molecular weight is 582 g/mol. The van der Waals surface area contributed by atoms with Crippen molar-refractivity contribution in [2.24, 2.45) is 0 Å². The molecule has 0 N–H and O–H groups in total. The zero-order chi connectivity index (χ0) is 30.1. The molecule has 0 radical (unpaired) electrons. The van der Waals surface area contributed by atoms with Crippen molar-refractivity contribution in [3.63, 3.8) is 0 Å². The lowest BCUT2D eigenvalue weighted by Gasteiger charge is -2.35. The summed E-state index contributed by atoms with van der Waals surface area (Å²) in [5.74, 6) is -0.118. The second kappa shape index (κ2) is 12.5. The first kappa shape index (κ1) is 29.4. The number of amides is 1. The Morgan fingerprint density at radius 1 is 0.977 bits per heavy atom. The highest BCUT2D eigenvalue weighted by atomic mass is 19.1. The van der Waals surface area contributed by atoms with Gasteiger partial charge in [0, 0.05) is 61.0 Å². The summed E-state index contributed by atoms with van der Waals surface area (Å²) in [6, 6.07) is 15.9. The summed E-state index contributed by atoms with van der Waals surface area (Å²) in [6.45, 7) is 9.07. The summed E-state index contributed by atoms with van der Waals surface area (Å²) in [4.78, 5) is 29.5. The Balaban J connectivity index is 1.27. The van der Waals surface area contributed by atoms with Crippen molar-refractivity contribution in [2.45, 2.75) is 39.3 Å². The molecule has 1 aromatic heterocycles. The molecule has 4 aromatic rings. The molecule has 0 atom stereocenters. The minimum absolute atomic E-state index is 0.0857.